The number of hydrogen-bond donors (Lipinski definition) is 1. The van der Waals surface area contributed by atoms with Crippen molar-refractivity contribution in [1.29, 1.82) is 0 Å². The number of hydrogen-bond acceptors (Lipinski definition) is 5. The van der Waals surface area contributed by atoms with Gasteiger partial charge < -0.3 is 14.7 Å². The second-order valence-electron chi connectivity index (χ2n) is 6.62. The molecule has 2 aliphatic heterocycles. The molecule has 2 aliphatic rings. The van der Waals surface area contributed by atoms with Crippen molar-refractivity contribution in [2.24, 2.45) is 0 Å². The van der Waals surface area contributed by atoms with Gasteiger partial charge in [-0.25, -0.2) is 8.78 Å². The lowest BCUT2D eigenvalue weighted by molar-refractivity contribution is 0.0567. The number of aromatic hydroxyl groups is 1. The van der Waals surface area contributed by atoms with Gasteiger partial charge >= 0.3 is 0 Å². The lowest BCUT2D eigenvalue weighted by Gasteiger charge is -2.49. The number of benzene rings is 1. The Labute approximate surface area is 153 Å². The van der Waals surface area contributed by atoms with Gasteiger partial charge in [0.1, 0.15) is 11.9 Å². The van der Waals surface area contributed by atoms with Crippen molar-refractivity contribution in [2.75, 3.05) is 18.7 Å². The molecule has 0 spiro atoms. The number of ether oxygens (including phenoxy) is 1. The van der Waals surface area contributed by atoms with Crippen LogP contribution in [0.3, 0.4) is 0 Å². The molecule has 0 saturated heterocycles. The van der Waals surface area contributed by atoms with Crippen molar-refractivity contribution in [1.82, 2.24) is 9.58 Å². The molecule has 0 saturated carbocycles. The Hall–Kier alpha value is -3.10. The molecule has 9 heteroatoms. The number of carbonyl (C=O) groups is 1. The maximum absolute atomic E-state index is 13.9. The van der Waals surface area contributed by atoms with Gasteiger partial charge in [0.25, 0.3) is 5.91 Å². The zero-order chi connectivity index (χ0) is 19.5. The van der Waals surface area contributed by atoms with Crippen molar-refractivity contribution in [3.63, 3.8) is 0 Å². The van der Waals surface area contributed by atoms with Crippen molar-refractivity contribution in [3.8, 4) is 11.5 Å². The average molecular weight is 377 g/mol. The van der Waals surface area contributed by atoms with Crippen molar-refractivity contribution >= 4 is 5.91 Å². The van der Waals surface area contributed by atoms with E-state index in [0.29, 0.717) is 12.0 Å². The third-order valence-corrected chi connectivity index (χ3v) is 5.11. The fraction of sp³-hybridized carbons (Fsp3) is 0.333. The van der Waals surface area contributed by atoms with Crippen LogP contribution in [0.2, 0.25) is 0 Å². The Balaban J connectivity index is 1.95. The summed E-state index contributed by atoms with van der Waals surface area (Å²) in [5.41, 5.74) is -0.442. The average Bonchev–Trinajstić information content (AvgIpc) is 2.63. The molecule has 1 aromatic carbocycles. The summed E-state index contributed by atoms with van der Waals surface area (Å²) in [4.78, 5) is 25.9. The second kappa shape index (κ2) is 5.97. The fourth-order valence-electron chi connectivity index (χ4n) is 3.72. The van der Waals surface area contributed by atoms with Gasteiger partial charge in [0.05, 0.1) is 12.6 Å². The van der Waals surface area contributed by atoms with Crippen LogP contribution in [0.1, 0.15) is 35.4 Å². The summed E-state index contributed by atoms with van der Waals surface area (Å²) in [6.45, 7) is 1.92. The van der Waals surface area contributed by atoms with E-state index < -0.39 is 40.9 Å². The van der Waals surface area contributed by atoms with Crippen LogP contribution in [0.15, 0.2) is 29.2 Å². The molecule has 0 aliphatic carbocycles. The molecule has 3 heterocycles. The Morgan fingerprint density at radius 1 is 1.22 bits per heavy atom. The summed E-state index contributed by atoms with van der Waals surface area (Å²) < 4.78 is 34.6. The first-order chi connectivity index (χ1) is 12.8. The van der Waals surface area contributed by atoms with Gasteiger partial charge in [0, 0.05) is 37.4 Å². The zero-order valence-electron chi connectivity index (χ0n) is 14.6. The molecule has 27 heavy (non-hydrogen) atoms. The van der Waals surface area contributed by atoms with E-state index >= 15 is 0 Å². The van der Waals surface area contributed by atoms with Gasteiger partial charge in [-0.1, -0.05) is 0 Å². The van der Waals surface area contributed by atoms with Crippen molar-refractivity contribution in [3.05, 3.63) is 57.5 Å². The quantitative estimate of drug-likeness (QED) is 0.757. The van der Waals surface area contributed by atoms with Crippen molar-refractivity contribution < 1.29 is 23.4 Å². The van der Waals surface area contributed by atoms with E-state index in [1.165, 1.54) is 15.8 Å². The van der Waals surface area contributed by atoms with E-state index in [0.717, 1.165) is 18.2 Å². The topological polar surface area (TPSA) is 75.0 Å². The molecule has 0 unspecified atom stereocenters. The van der Waals surface area contributed by atoms with Gasteiger partial charge in [-0.2, -0.15) is 0 Å². The maximum atomic E-state index is 13.9. The maximum Gasteiger partial charge on any atom is 0.277 e. The molecule has 142 valence electrons. The monoisotopic (exact) mass is 377 g/mol. The van der Waals surface area contributed by atoms with Crippen LogP contribution in [0.4, 0.5) is 8.78 Å². The number of amides is 1. The third kappa shape index (κ3) is 2.45. The zero-order valence-corrected chi connectivity index (χ0v) is 14.6. The fourth-order valence-corrected chi connectivity index (χ4v) is 3.72. The molecule has 1 N–H and O–H groups in total. The van der Waals surface area contributed by atoms with E-state index in [1.54, 1.807) is 19.0 Å². The standard InChI is InChI=1S/C18H17F2N3O4/c1-9-10-7-11(19)12(20)8-14(10)27-6-4-15-21(2)18(26)16-17(25)13(24)3-5-22(16)23(9)15/h3,5,7-9,15,25H,4,6H2,1-2H3/t9-,15+/m0/s1. The Morgan fingerprint density at radius 3 is 2.67 bits per heavy atom. The highest BCUT2D eigenvalue weighted by molar-refractivity contribution is 5.96. The van der Waals surface area contributed by atoms with Gasteiger partial charge in [0.15, 0.2) is 23.1 Å². The van der Waals surface area contributed by atoms with E-state index in [1.807, 2.05) is 0 Å². The summed E-state index contributed by atoms with van der Waals surface area (Å²) >= 11 is 0. The van der Waals surface area contributed by atoms with E-state index in [9.17, 15) is 23.5 Å². The summed E-state index contributed by atoms with van der Waals surface area (Å²) in [7, 11) is 1.56. The normalized spacial score (nSPS) is 21.6. The van der Waals surface area contributed by atoms with E-state index in [4.69, 9.17) is 4.74 Å². The van der Waals surface area contributed by atoms with Crippen LogP contribution >= 0.6 is 0 Å². The number of pyridine rings is 1. The molecule has 0 fully saturated rings. The molecule has 2 aromatic rings. The molecule has 0 bridgehead atoms. The van der Waals surface area contributed by atoms with Gasteiger partial charge in [-0.3, -0.25) is 19.3 Å². The minimum atomic E-state index is -1.01. The Morgan fingerprint density at radius 2 is 1.93 bits per heavy atom. The first kappa shape index (κ1) is 17.3. The smallest absolute Gasteiger partial charge is 0.277 e. The van der Waals surface area contributed by atoms with Crippen LogP contribution in [-0.4, -0.2) is 40.4 Å². The summed E-state index contributed by atoms with van der Waals surface area (Å²) in [5, 5.41) is 11.9. The second-order valence-corrected chi connectivity index (χ2v) is 6.62. The summed E-state index contributed by atoms with van der Waals surface area (Å²) in [6, 6.07) is 2.68. The molecule has 1 aromatic heterocycles. The number of nitrogens with zero attached hydrogens (tertiary/aromatic N) is 3. The van der Waals surface area contributed by atoms with E-state index in [2.05, 4.69) is 0 Å². The molecule has 1 amide bonds. The molecule has 4 rings (SSSR count). The van der Waals surface area contributed by atoms with Crippen LogP contribution in [0, 0.1) is 11.6 Å². The first-order valence-corrected chi connectivity index (χ1v) is 8.43. The predicted molar refractivity (Wildman–Crippen MR) is 91.4 cm³/mol. The van der Waals surface area contributed by atoms with Crippen LogP contribution in [0.5, 0.6) is 11.5 Å². The first-order valence-electron chi connectivity index (χ1n) is 8.43. The SMILES string of the molecule is C[C@H]1c2cc(F)c(F)cc2OCC[C@@H]2N(C)C(=O)c3c(O)c(=O)ccn3N21. The summed E-state index contributed by atoms with van der Waals surface area (Å²) in [5.74, 6) is -2.96. The van der Waals surface area contributed by atoms with Crippen LogP contribution < -0.4 is 15.2 Å². The Bertz CT molecular complexity index is 1010. The van der Waals surface area contributed by atoms with Gasteiger partial charge in [0.2, 0.25) is 5.43 Å². The largest absolute Gasteiger partial charge is 0.502 e. The predicted octanol–water partition coefficient (Wildman–Crippen LogP) is 1.73. The van der Waals surface area contributed by atoms with Crippen LogP contribution in [0.25, 0.3) is 0 Å². The minimum absolute atomic E-state index is 0.168. The summed E-state index contributed by atoms with van der Waals surface area (Å²) in [6.07, 6.45) is 1.31. The third-order valence-electron chi connectivity index (χ3n) is 5.11. The van der Waals surface area contributed by atoms with Crippen molar-refractivity contribution in [2.45, 2.75) is 25.6 Å². The molecular formula is C18H17F2N3O4. The lowest BCUT2D eigenvalue weighted by atomic mass is 10.0. The van der Waals surface area contributed by atoms with Gasteiger partial charge in [-0.05, 0) is 13.0 Å². The molecule has 7 nitrogen and oxygen atoms in total. The molecular weight excluding hydrogens is 360 g/mol. The Kier molecular flexibility index (Phi) is 3.83. The lowest BCUT2D eigenvalue weighted by Crippen LogP contribution is -2.61. The number of fused-ring (bicyclic) bond motifs is 4. The molecule has 2 atom stereocenters. The number of carbonyl (C=O) groups excluding carboxylic acids is 1. The van der Waals surface area contributed by atoms with Gasteiger partial charge in [-0.15, -0.1) is 0 Å². The highest BCUT2D eigenvalue weighted by Gasteiger charge is 2.41. The molecule has 0 radical (unpaired) electrons. The highest BCUT2D eigenvalue weighted by atomic mass is 19.2. The number of aromatic nitrogens is 1. The minimum Gasteiger partial charge on any atom is -0.502 e. The van der Waals surface area contributed by atoms with Crippen LogP contribution in [-0.2, 0) is 0 Å². The highest BCUT2D eigenvalue weighted by Crippen LogP contribution is 2.37. The number of rotatable bonds is 0. The number of halogens is 2. The van der Waals surface area contributed by atoms with E-state index in [-0.39, 0.29) is 18.1 Å².